The minimum Gasteiger partial charge on any atom is -0.399 e. The summed E-state index contributed by atoms with van der Waals surface area (Å²) in [6.07, 6.45) is 7.02. The molecule has 2 atom stereocenters. The molecule has 4 N–H and O–H groups in total. The number of fused-ring (bicyclic) bond motifs is 1. The molecule has 1 aromatic carbocycles. The molecule has 2 heteroatoms. The van der Waals surface area contributed by atoms with Crippen LogP contribution in [0.25, 0.3) is 0 Å². The lowest BCUT2D eigenvalue weighted by atomic mass is 9.74. The van der Waals surface area contributed by atoms with E-state index in [0.717, 1.165) is 18.5 Å². The van der Waals surface area contributed by atoms with Crippen LogP contribution in [0.3, 0.4) is 0 Å². The maximum atomic E-state index is 6.24. The average molecular weight is 254 g/mol. The first-order valence-corrected chi connectivity index (χ1v) is 7.08. The standard InChI is InChI=1S/C17H22N2/c1-10-7-12(8-11(10)2)14-5-6-17(19)16-9-13(18)3-4-15(14)16/h3-4,7-9,12,14,17H,5-6,18-19H2,1-2H3/t14-,17-/m0/s1. The highest BCUT2D eigenvalue weighted by Crippen LogP contribution is 2.44. The summed E-state index contributed by atoms with van der Waals surface area (Å²) in [6.45, 7) is 4.40. The number of nitrogens with two attached hydrogens (primary N) is 2. The molecule has 0 aromatic heterocycles. The summed E-state index contributed by atoms with van der Waals surface area (Å²) >= 11 is 0. The molecule has 0 fully saturated rings. The third-order valence-corrected chi connectivity index (χ3v) is 4.67. The van der Waals surface area contributed by atoms with Crippen molar-refractivity contribution in [3.63, 3.8) is 0 Å². The molecule has 1 aromatic rings. The van der Waals surface area contributed by atoms with Crippen molar-refractivity contribution in [1.29, 1.82) is 0 Å². The lowest BCUT2D eigenvalue weighted by Crippen LogP contribution is -2.23. The van der Waals surface area contributed by atoms with Gasteiger partial charge in [-0.1, -0.05) is 29.4 Å². The average Bonchev–Trinajstić information content (AvgIpc) is 2.70. The summed E-state index contributed by atoms with van der Waals surface area (Å²) in [6, 6.07) is 6.39. The number of hydrogen-bond acceptors (Lipinski definition) is 2. The van der Waals surface area contributed by atoms with Gasteiger partial charge in [-0.3, -0.25) is 0 Å². The molecule has 0 unspecified atom stereocenters. The van der Waals surface area contributed by atoms with Gasteiger partial charge < -0.3 is 11.5 Å². The van der Waals surface area contributed by atoms with Gasteiger partial charge in [-0.2, -0.15) is 0 Å². The predicted molar refractivity (Wildman–Crippen MR) is 80.8 cm³/mol. The zero-order valence-corrected chi connectivity index (χ0v) is 11.7. The number of allylic oxidation sites excluding steroid dienone is 4. The van der Waals surface area contributed by atoms with Gasteiger partial charge in [0.05, 0.1) is 0 Å². The van der Waals surface area contributed by atoms with Crippen molar-refractivity contribution in [2.24, 2.45) is 11.7 Å². The van der Waals surface area contributed by atoms with E-state index >= 15 is 0 Å². The van der Waals surface area contributed by atoms with Gasteiger partial charge in [-0.25, -0.2) is 0 Å². The van der Waals surface area contributed by atoms with Crippen molar-refractivity contribution in [2.75, 3.05) is 5.73 Å². The van der Waals surface area contributed by atoms with E-state index in [-0.39, 0.29) is 6.04 Å². The molecular formula is C17H22N2. The Morgan fingerprint density at radius 3 is 2.37 bits per heavy atom. The van der Waals surface area contributed by atoms with Gasteiger partial charge in [0.15, 0.2) is 0 Å². The Labute approximate surface area is 115 Å². The van der Waals surface area contributed by atoms with Gasteiger partial charge >= 0.3 is 0 Å². The van der Waals surface area contributed by atoms with Crippen LogP contribution in [-0.2, 0) is 0 Å². The highest BCUT2D eigenvalue weighted by molar-refractivity contribution is 5.50. The zero-order valence-electron chi connectivity index (χ0n) is 11.7. The maximum Gasteiger partial charge on any atom is 0.0317 e. The molecule has 2 nitrogen and oxygen atoms in total. The smallest absolute Gasteiger partial charge is 0.0317 e. The van der Waals surface area contributed by atoms with Gasteiger partial charge in [0.2, 0.25) is 0 Å². The molecule has 2 aliphatic carbocycles. The summed E-state index contributed by atoms with van der Waals surface area (Å²) < 4.78 is 0. The molecule has 0 bridgehead atoms. The zero-order chi connectivity index (χ0) is 13.6. The summed E-state index contributed by atoms with van der Waals surface area (Å²) in [7, 11) is 0. The van der Waals surface area contributed by atoms with Crippen LogP contribution >= 0.6 is 0 Å². The Morgan fingerprint density at radius 2 is 1.68 bits per heavy atom. The van der Waals surface area contributed by atoms with Crippen molar-refractivity contribution in [1.82, 2.24) is 0 Å². The number of hydrogen-bond donors (Lipinski definition) is 2. The molecule has 0 radical (unpaired) electrons. The van der Waals surface area contributed by atoms with Crippen molar-refractivity contribution in [3.8, 4) is 0 Å². The first-order valence-electron chi connectivity index (χ1n) is 7.08. The van der Waals surface area contributed by atoms with E-state index in [4.69, 9.17) is 11.5 Å². The van der Waals surface area contributed by atoms with E-state index in [2.05, 4.69) is 38.1 Å². The lowest BCUT2D eigenvalue weighted by molar-refractivity contribution is 0.453. The molecule has 0 aliphatic heterocycles. The SMILES string of the molecule is CC1=CC([C@@H]2CC[C@H](N)c3cc(N)ccc32)C=C1C. The summed E-state index contributed by atoms with van der Waals surface area (Å²) in [5.74, 6) is 1.08. The summed E-state index contributed by atoms with van der Waals surface area (Å²) in [5, 5.41) is 0. The molecule has 0 heterocycles. The Morgan fingerprint density at radius 1 is 1.00 bits per heavy atom. The number of anilines is 1. The van der Waals surface area contributed by atoms with Gasteiger partial charge in [0.25, 0.3) is 0 Å². The number of nitrogen functional groups attached to an aromatic ring is 1. The highest BCUT2D eigenvalue weighted by Gasteiger charge is 2.30. The summed E-state index contributed by atoms with van der Waals surface area (Å²) in [4.78, 5) is 0. The van der Waals surface area contributed by atoms with Gasteiger partial charge in [-0.15, -0.1) is 0 Å². The molecular weight excluding hydrogens is 232 g/mol. The second-order valence-electron chi connectivity index (χ2n) is 5.96. The summed E-state index contributed by atoms with van der Waals surface area (Å²) in [5.41, 5.74) is 18.4. The second kappa shape index (κ2) is 4.53. The van der Waals surface area contributed by atoms with Gasteiger partial charge in [0.1, 0.15) is 0 Å². The van der Waals surface area contributed by atoms with Gasteiger partial charge in [-0.05, 0) is 55.9 Å². The van der Waals surface area contributed by atoms with E-state index in [9.17, 15) is 0 Å². The van der Waals surface area contributed by atoms with Crippen molar-refractivity contribution in [3.05, 3.63) is 52.6 Å². The fraction of sp³-hybridized carbons (Fsp3) is 0.412. The maximum absolute atomic E-state index is 6.24. The fourth-order valence-electron chi connectivity index (χ4n) is 3.44. The Hall–Kier alpha value is -1.54. The molecule has 0 amide bonds. The molecule has 0 spiro atoms. The van der Waals surface area contributed by atoms with Crippen molar-refractivity contribution < 1.29 is 0 Å². The van der Waals surface area contributed by atoms with E-state index in [0.29, 0.717) is 11.8 Å². The molecule has 3 rings (SSSR count). The monoisotopic (exact) mass is 254 g/mol. The third-order valence-electron chi connectivity index (χ3n) is 4.67. The van der Waals surface area contributed by atoms with Crippen LogP contribution in [0.4, 0.5) is 5.69 Å². The largest absolute Gasteiger partial charge is 0.399 e. The molecule has 100 valence electrons. The van der Waals surface area contributed by atoms with E-state index in [1.165, 1.54) is 22.3 Å². The van der Waals surface area contributed by atoms with Gasteiger partial charge in [0, 0.05) is 17.6 Å². The van der Waals surface area contributed by atoms with Crippen LogP contribution in [0, 0.1) is 5.92 Å². The predicted octanol–water partition coefficient (Wildman–Crippen LogP) is 3.67. The van der Waals surface area contributed by atoms with Crippen LogP contribution < -0.4 is 11.5 Å². The van der Waals surface area contributed by atoms with E-state index in [1.807, 2.05) is 6.07 Å². The molecule has 0 saturated heterocycles. The second-order valence-corrected chi connectivity index (χ2v) is 5.96. The van der Waals surface area contributed by atoms with Crippen LogP contribution in [-0.4, -0.2) is 0 Å². The quantitative estimate of drug-likeness (QED) is 0.751. The third kappa shape index (κ3) is 2.10. The van der Waals surface area contributed by atoms with Crippen LogP contribution in [0.1, 0.15) is 49.8 Å². The minimum absolute atomic E-state index is 0.145. The van der Waals surface area contributed by atoms with Crippen LogP contribution in [0.2, 0.25) is 0 Å². The van der Waals surface area contributed by atoms with E-state index in [1.54, 1.807) is 0 Å². The normalized spacial score (nSPS) is 26.9. The van der Waals surface area contributed by atoms with Crippen molar-refractivity contribution >= 4 is 5.69 Å². The molecule has 0 saturated carbocycles. The first kappa shape index (κ1) is 12.5. The Balaban J connectivity index is 2.01. The number of benzene rings is 1. The minimum atomic E-state index is 0.145. The van der Waals surface area contributed by atoms with E-state index < -0.39 is 0 Å². The molecule has 2 aliphatic rings. The molecule has 19 heavy (non-hydrogen) atoms. The Kier molecular flexibility index (Phi) is 2.98. The lowest BCUT2D eigenvalue weighted by Gasteiger charge is -2.32. The number of rotatable bonds is 1. The first-order chi connectivity index (χ1) is 9.06. The van der Waals surface area contributed by atoms with Crippen LogP contribution in [0.5, 0.6) is 0 Å². The fourth-order valence-corrected chi connectivity index (χ4v) is 3.44. The highest BCUT2D eigenvalue weighted by atomic mass is 14.7. The Bertz CT molecular complexity index is 551. The van der Waals surface area contributed by atoms with Crippen molar-refractivity contribution in [2.45, 2.75) is 38.6 Å². The topological polar surface area (TPSA) is 52.0 Å². The van der Waals surface area contributed by atoms with Crippen LogP contribution in [0.15, 0.2) is 41.5 Å².